The normalized spacial score (nSPS) is 23.7. The first kappa shape index (κ1) is 13.7. The SMILES string of the molecule is CC1OCCC1C(Cl)c1ccc(-c2ccccc2)cc1. The Morgan fingerprint density at radius 1 is 1.00 bits per heavy atom. The number of rotatable bonds is 3. The van der Waals surface area contributed by atoms with Gasteiger partial charge in [0.1, 0.15) is 0 Å². The minimum Gasteiger partial charge on any atom is -0.378 e. The minimum absolute atomic E-state index is 0.0392. The molecule has 3 rings (SSSR count). The topological polar surface area (TPSA) is 9.23 Å². The monoisotopic (exact) mass is 286 g/mol. The number of ether oxygens (including phenoxy) is 1. The van der Waals surface area contributed by atoms with Crippen LogP contribution in [0.4, 0.5) is 0 Å². The van der Waals surface area contributed by atoms with E-state index in [0.717, 1.165) is 13.0 Å². The molecule has 2 aromatic carbocycles. The molecule has 0 N–H and O–H groups in total. The van der Waals surface area contributed by atoms with Crippen molar-refractivity contribution in [2.24, 2.45) is 5.92 Å². The molecule has 1 heterocycles. The van der Waals surface area contributed by atoms with Crippen molar-refractivity contribution in [3.05, 3.63) is 60.2 Å². The van der Waals surface area contributed by atoms with Crippen LogP contribution in [0.15, 0.2) is 54.6 Å². The van der Waals surface area contributed by atoms with E-state index in [2.05, 4.69) is 55.5 Å². The van der Waals surface area contributed by atoms with Crippen LogP contribution in [0.3, 0.4) is 0 Å². The van der Waals surface area contributed by atoms with Crippen molar-refractivity contribution in [1.82, 2.24) is 0 Å². The van der Waals surface area contributed by atoms with Gasteiger partial charge in [-0.05, 0) is 30.0 Å². The summed E-state index contributed by atoms with van der Waals surface area (Å²) in [6.07, 6.45) is 1.31. The summed E-state index contributed by atoms with van der Waals surface area (Å²) < 4.78 is 5.62. The Bertz CT molecular complexity index is 549. The molecule has 0 aromatic heterocycles. The largest absolute Gasteiger partial charge is 0.378 e. The molecular formula is C18H19ClO. The molecule has 0 amide bonds. The number of alkyl halides is 1. The van der Waals surface area contributed by atoms with Crippen molar-refractivity contribution in [2.45, 2.75) is 24.8 Å². The molecule has 1 fully saturated rings. The molecule has 1 aliphatic heterocycles. The van der Waals surface area contributed by atoms with Gasteiger partial charge in [0.2, 0.25) is 0 Å². The lowest BCUT2D eigenvalue weighted by Gasteiger charge is -2.20. The second kappa shape index (κ2) is 5.99. The standard InChI is InChI=1S/C18H19ClO/c1-13-17(11-12-20-13)18(19)16-9-7-15(8-10-16)14-5-3-2-4-6-14/h2-10,13,17-18H,11-12H2,1H3. The van der Waals surface area contributed by atoms with Crippen LogP contribution in [0.25, 0.3) is 11.1 Å². The molecule has 1 aliphatic rings. The maximum atomic E-state index is 6.63. The molecule has 1 nitrogen and oxygen atoms in total. The predicted molar refractivity (Wildman–Crippen MR) is 84.0 cm³/mol. The van der Waals surface area contributed by atoms with Crippen LogP contribution < -0.4 is 0 Å². The molecule has 2 heteroatoms. The van der Waals surface area contributed by atoms with E-state index in [1.54, 1.807) is 0 Å². The van der Waals surface area contributed by atoms with Crippen LogP contribution in [0.1, 0.15) is 24.3 Å². The second-order valence-electron chi connectivity index (χ2n) is 5.42. The summed E-state index contributed by atoms with van der Waals surface area (Å²) in [7, 11) is 0. The van der Waals surface area contributed by atoms with Gasteiger partial charge in [-0.25, -0.2) is 0 Å². The molecule has 20 heavy (non-hydrogen) atoms. The first-order valence-corrected chi connectivity index (χ1v) is 7.60. The summed E-state index contributed by atoms with van der Waals surface area (Å²) in [6.45, 7) is 2.95. The molecule has 1 saturated heterocycles. The summed E-state index contributed by atoms with van der Waals surface area (Å²) in [6, 6.07) is 19.0. The molecule has 0 saturated carbocycles. The Morgan fingerprint density at radius 3 is 2.25 bits per heavy atom. The Kier molecular flexibility index (Phi) is 4.09. The summed E-state index contributed by atoms with van der Waals surface area (Å²) >= 11 is 6.63. The first-order chi connectivity index (χ1) is 9.75. The van der Waals surface area contributed by atoms with Gasteiger partial charge in [-0.2, -0.15) is 0 Å². The lowest BCUT2D eigenvalue weighted by atomic mass is 9.92. The smallest absolute Gasteiger partial charge is 0.0638 e. The summed E-state index contributed by atoms with van der Waals surface area (Å²) in [4.78, 5) is 0. The van der Waals surface area contributed by atoms with Crippen molar-refractivity contribution in [3.8, 4) is 11.1 Å². The van der Waals surface area contributed by atoms with E-state index in [4.69, 9.17) is 16.3 Å². The van der Waals surface area contributed by atoms with Gasteiger partial charge in [0.25, 0.3) is 0 Å². The fourth-order valence-corrected chi connectivity index (χ4v) is 3.35. The molecule has 0 spiro atoms. The molecule has 0 aliphatic carbocycles. The van der Waals surface area contributed by atoms with Crippen molar-refractivity contribution in [2.75, 3.05) is 6.61 Å². The minimum atomic E-state index is 0.0392. The quantitative estimate of drug-likeness (QED) is 0.717. The van der Waals surface area contributed by atoms with Crippen LogP contribution in [0, 0.1) is 5.92 Å². The molecule has 0 bridgehead atoms. The Hall–Kier alpha value is -1.31. The second-order valence-corrected chi connectivity index (χ2v) is 5.89. The van der Waals surface area contributed by atoms with Gasteiger partial charge in [-0.15, -0.1) is 11.6 Å². The Labute approximate surface area is 125 Å². The van der Waals surface area contributed by atoms with Gasteiger partial charge in [-0.3, -0.25) is 0 Å². The van der Waals surface area contributed by atoms with Gasteiger partial charge in [0.05, 0.1) is 11.5 Å². The van der Waals surface area contributed by atoms with Gasteiger partial charge in [-0.1, -0.05) is 54.6 Å². The molecule has 104 valence electrons. The summed E-state index contributed by atoms with van der Waals surface area (Å²) in [5.74, 6) is 0.416. The van der Waals surface area contributed by atoms with Crippen LogP contribution in [-0.4, -0.2) is 12.7 Å². The highest BCUT2D eigenvalue weighted by atomic mass is 35.5. The zero-order valence-electron chi connectivity index (χ0n) is 11.6. The maximum Gasteiger partial charge on any atom is 0.0638 e. The number of hydrogen-bond acceptors (Lipinski definition) is 1. The van der Waals surface area contributed by atoms with E-state index < -0.39 is 0 Å². The number of hydrogen-bond donors (Lipinski definition) is 0. The average Bonchev–Trinajstić information content (AvgIpc) is 2.94. The van der Waals surface area contributed by atoms with Crippen molar-refractivity contribution in [1.29, 1.82) is 0 Å². The van der Waals surface area contributed by atoms with Crippen molar-refractivity contribution < 1.29 is 4.74 Å². The summed E-state index contributed by atoms with van der Waals surface area (Å²) in [5, 5.41) is 0.0392. The van der Waals surface area contributed by atoms with E-state index in [1.807, 2.05) is 6.07 Å². The molecule has 3 unspecified atom stereocenters. The molecular weight excluding hydrogens is 268 g/mol. The Morgan fingerprint density at radius 2 is 1.65 bits per heavy atom. The van der Waals surface area contributed by atoms with Crippen molar-refractivity contribution >= 4 is 11.6 Å². The van der Waals surface area contributed by atoms with Gasteiger partial charge >= 0.3 is 0 Å². The molecule has 2 aromatic rings. The third kappa shape index (κ3) is 2.74. The van der Waals surface area contributed by atoms with Gasteiger partial charge in [0, 0.05) is 12.5 Å². The van der Waals surface area contributed by atoms with E-state index >= 15 is 0 Å². The van der Waals surface area contributed by atoms with E-state index in [0.29, 0.717) is 5.92 Å². The average molecular weight is 287 g/mol. The highest BCUT2D eigenvalue weighted by Crippen LogP contribution is 2.38. The van der Waals surface area contributed by atoms with E-state index in [1.165, 1.54) is 16.7 Å². The molecule has 3 atom stereocenters. The van der Waals surface area contributed by atoms with Crippen molar-refractivity contribution in [3.63, 3.8) is 0 Å². The zero-order valence-corrected chi connectivity index (χ0v) is 12.4. The Balaban J connectivity index is 1.79. The lowest BCUT2D eigenvalue weighted by molar-refractivity contribution is 0.105. The first-order valence-electron chi connectivity index (χ1n) is 7.17. The third-order valence-corrected chi connectivity index (χ3v) is 4.72. The van der Waals surface area contributed by atoms with Crippen LogP contribution >= 0.6 is 11.6 Å². The highest BCUT2D eigenvalue weighted by molar-refractivity contribution is 6.21. The zero-order chi connectivity index (χ0) is 13.9. The number of halogens is 1. The molecule has 0 radical (unpaired) electrons. The highest BCUT2D eigenvalue weighted by Gasteiger charge is 2.31. The lowest BCUT2D eigenvalue weighted by Crippen LogP contribution is -2.16. The van der Waals surface area contributed by atoms with Gasteiger partial charge < -0.3 is 4.74 Å². The predicted octanol–water partition coefficient (Wildman–Crippen LogP) is 5.06. The number of benzene rings is 2. The summed E-state index contributed by atoms with van der Waals surface area (Å²) in [5.41, 5.74) is 3.66. The fourth-order valence-electron chi connectivity index (χ4n) is 2.87. The van der Waals surface area contributed by atoms with E-state index in [-0.39, 0.29) is 11.5 Å². The maximum absolute atomic E-state index is 6.63. The van der Waals surface area contributed by atoms with Crippen LogP contribution in [0.5, 0.6) is 0 Å². The van der Waals surface area contributed by atoms with E-state index in [9.17, 15) is 0 Å². The van der Waals surface area contributed by atoms with Crippen LogP contribution in [-0.2, 0) is 4.74 Å². The fraction of sp³-hybridized carbons (Fsp3) is 0.333. The van der Waals surface area contributed by atoms with Gasteiger partial charge in [0.15, 0.2) is 0 Å². The van der Waals surface area contributed by atoms with Crippen LogP contribution in [0.2, 0.25) is 0 Å². The third-order valence-electron chi connectivity index (χ3n) is 4.15.